The molecule has 5 heteroatoms. The number of ether oxygens (including phenoxy) is 3. The molecule has 0 amide bonds. The maximum atomic E-state index is 10.5. The highest BCUT2D eigenvalue weighted by Crippen LogP contribution is 2.34. The zero-order valence-corrected chi connectivity index (χ0v) is 10.9. The van der Waals surface area contributed by atoms with E-state index in [0.29, 0.717) is 18.9 Å². The average Bonchev–Trinajstić information content (AvgIpc) is 2.69. The molecule has 2 fully saturated rings. The van der Waals surface area contributed by atoms with Crippen LogP contribution in [0.3, 0.4) is 0 Å². The summed E-state index contributed by atoms with van der Waals surface area (Å²) in [5, 5.41) is 8.65. The predicted molar refractivity (Wildman–Crippen MR) is 64.3 cm³/mol. The van der Waals surface area contributed by atoms with Crippen LogP contribution in [0.5, 0.6) is 0 Å². The van der Waals surface area contributed by atoms with E-state index < -0.39 is 11.8 Å². The third kappa shape index (κ3) is 3.93. The van der Waals surface area contributed by atoms with Crippen LogP contribution >= 0.6 is 0 Å². The van der Waals surface area contributed by atoms with E-state index in [4.69, 9.17) is 19.3 Å². The van der Waals surface area contributed by atoms with Gasteiger partial charge in [-0.05, 0) is 32.1 Å². The summed E-state index contributed by atoms with van der Waals surface area (Å²) in [6.45, 7) is 4.11. The molecule has 2 unspecified atom stereocenters. The van der Waals surface area contributed by atoms with Crippen molar-refractivity contribution >= 4 is 5.97 Å². The van der Waals surface area contributed by atoms with Gasteiger partial charge in [0.05, 0.1) is 12.7 Å². The van der Waals surface area contributed by atoms with E-state index in [-0.39, 0.29) is 12.5 Å². The van der Waals surface area contributed by atoms with Crippen LogP contribution in [0.2, 0.25) is 0 Å². The van der Waals surface area contributed by atoms with Crippen molar-refractivity contribution < 1.29 is 24.1 Å². The molecule has 0 aromatic heterocycles. The molecule has 2 saturated heterocycles. The molecule has 1 N–H and O–H groups in total. The van der Waals surface area contributed by atoms with Gasteiger partial charge in [-0.2, -0.15) is 0 Å². The molecule has 104 valence electrons. The Hall–Kier alpha value is -0.650. The quantitative estimate of drug-likeness (QED) is 0.814. The molecule has 18 heavy (non-hydrogen) atoms. The highest BCUT2D eigenvalue weighted by atomic mass is 16.7. The third-order valence-corrected chi connectivity index (χ3v) is 3.67. The van der Waals surface area contributed by atoms with E-state index in [9.17, 15) is 4.79 Å². The summed E-state index contributed by atoms with van der Waals surface area (Å²) in [6.07, 6.45) is 3.58. The molecule has 5 nitrogen and oxygen atoms in total. The Bertz CT molecular complexity index is 287. The van der Waals surface area contributed by atoms with Gasteiger partial charge in [-0.15, -0.1) is 0 Å². The van der Waals surface area contributed by atoms with Crippen LogP contribution in [0.15, 0.2) is 0 Å². The second kappa shape index (κ2) is 5.99. The zero-order chi connectivity index (χ0) is 13.0. The molecular formula is C13H22O5. The fourth-order valence-electron chi connectivity index (χ4n) is 2.70. The van der Waals surface area contributed by atoms with E-state index in [1.807, 2.05) is 6.92 Å². The number of rotatable bonds is 5. The first-order valence-corrected chi connectivity index (χ1v) is 6.69. The van der Waals surface area contributed by atoms with Gasteiger partial charge in [-0.1, -0.05) is 0 Å². The van der Waals surface area contributed by atoms with Gasteiger partial charge in [0.1, 0.15) is 0 Å². The smallest absolute Gasteiger partial charge is 0.303 e. The second-order valence-corrected chi connectivity index (χ2v) is 5.38. The molecule has 2 aliphatic rings. The molecule has 0 aromatic carbocycles. The minimum Gasteiger partial charge on any atom is -0.481 e. The highest BCUT2D eigenvalue weighted by molar-refractivity contribution is 5.66. The molecular weight excluding hydrogens is 236 g/mol. The zero-order valence-electron chi connectivity index (χ0n) is 10.9. The van der Waals surface area contributed by atoms with Crippen LogP contribution in [0, 0.1) is 5.92 Å². The third-order valence-electron chi connectivity index (χ3n) is 3.67. The van der Waals surface area contributed by atoms with Gasteiger partial charge in [0.15, 0.2) is 5.79 Å². The first-order chi connectivity index (χ1) is 8.57. The molecule has 0 saturated carbocycles. The van der Waals surface area contributed by atoms with Gasteiger partial charge < -0.3 is 19.3 Å². The topological polar surface area (TPSA) is 65.0 Å². The lowest BCUT2D eigenvalue weighted by Crippen LogP contribution is -2.32. The van der Waals surface area contributed by atoms with Gasteiger partial charge in [-0.25, -0.2) is 0 Å². The molecule has 0 radical (unpaired) electrons. The Kier molecular flexibility index (Phi) is 4.59. The van der Waals surface area contributed by atoms with Gasteiger partial charge in [0, 0.05) is 26.1 Å². The van der Waals surface area contributed by atoms with Crippen molar-refractivity contribution in [1.29, 1.82) is 0 Å². The lowest BCUT2D eigenvalue weighted by Gasteiger charge is -2.30. The number of carboxylic acids is 1. The van der Waals surface area contributed by atoms with Crippen LogP contribution in [0.25, 0.3) is 0 Å². The minimum atomic E-state index is -0.781. The Balaban J connectivity index is 1.76. The summed E-state index contributed by atoms with van der Waals surface area (Å²) in [6, 6.07) is 0. The minimum absolute atomic E-state index is 0.0778. The molecule has 2 aliphatic heterocycles. The summed E-state index contributed by atoms with van der Waals surface area (Å²) >= 11 is 0. The van der Waals surface area contributed by atoms with Crippen LogP contribution < -0.4 is 0 Å². The van der Waals surface area contributed by atoms with Gasteiger partial charge in [0.2, 0.25) is 0 Å². The number of hydrogen-bond acceptors (Lipinski definition) is 4. The van der Waals surface area contributed by atoms with E-state index in [1.165, 1.54) is 0 Å². The monoisotopic (exact) mass is 258 g/mol. The molecule has 2 heterocycles. The Morgan fingerprint density at radius 3 is 2.78 bits per heavy atom. The number of hydrogen-bond donors (Lipinski definition) is 1. The molecule has 0 spiro atoms. The normalized spacial score (nSPS) is 33.7. The van der Waals surface area contributed by atoms with Crippen LogP contribution in [-0.2, 0) is 19.0 Å². The lowest BCUT2D eigenvalue weighted by atomic mass is 9.92. The maximum absolute atomic E-state index is 10.5. The summed E-state index contributed by atoms with van der Waals surface area (Å²) in [5.74, 6) is -0.732. The summed E-state index contributed by atoms with van der Waals surface area (Å²) in [4.78, 5) is 10.5. The summed E-state index contributed by atoms with van der Waals surface area (Å²) in [7, 11) is 0. The standard InChI is InChI=1S/C13H22O5/c1-13(8-10-4-6-16-7-5-10)17-9-11(18-13)2-3-12(14)15/h10-11H,2-9H2,1H3,(H,14,15). The number of aliphatic carboxylic acids is 1. The summed E-state index contributed by atoms with van der Waals surface area (Å²) < 4.78 is 16.9. The fraction of sp³-hybridized carbons (Fsp3) is 0.923. The van der Waals surface area contributed by atoms with Gasteiger partial charge >= 0.3 is 5.97 Å². The van der Waals surface area contributed by atoms with Crippen molar-refractivity contribution in [3.8, 4) is 0 Å². The summed E-state index contributed by atoms with van der Waals surface area (Å²) in [5.41, 5.74) is 0. The molecule has 2 atom stereocenters. The molecule has 2 rings (SSSR count). The highest BCUT2D eigenvalue weighted by Gasteiger charge is 2.39. The maximum Gasteiger partial charge on any atom is 0.303 e. The Labute approximate surface area is 107 Å². The van der Waals surface area contributed by atoms with Crippen LogP contribution in [0.1, 0.15) is 39.0 Å². The molecule has 0 aliphatic carbocycles. The molecule has 0 bridgehead atoms. The Morgan fingerprint density at radius 2 is 2.11 bits per heavy atom. The largest absolute Gasteiger partial charge is 0.481 e. The predicted octanol–water partition coefficient (Wildman–Crippen LogP) is 1.80. The molecule has 0 aromatic rings. The van der Waals surface area contributed by atoms with E-state index >= 15 is 0 Å². The van der Waals surface area contributed by atoms with Crippen molar-refractivity contribution in [1.82, 2.24) is 0 Å². The fourth-order valence-corrected chi connectivity index (χ4v) is 2.70. The first kappa shape index (κ1) is 13.8. The second-order valence-electron chi connectivity index (χ2n) is 5.38. The van der Waals surface area contributed by atoms with E-state index in [2.05, 4.69) is 0 Å². The van der Waals surface area contributed by atoms with Crippen molar-refractivity contribution in [3.05, 3.63) is 0 Å². The van der Waals surface area contributed by atoms with Crippen LogP contribution in [-0.4, -0.2) is 42.8 Å². The van der Waals surface area contributed by atoms with Crippen LogP contribution in [0.4, 0.5) is 0 Å². The lowest BCUT2D eigenvalue weighted by molar-refractivity contribution is -0.171. The van der Waals surface area contributed by atoms with Crippen molar-refractivity contribution in [3.63, 3.8) is 0 Å². The van der Waals surface area contributed by atoms with Crippen molar-refractivity contribution in [2.75, 3.05) is 19.8 Å². The van der Waals surface area contributed by atoms with E-state index in [0.717, 1.165) is 32.5 Å². The number of carboxylic acid groups (broad SMARTS) is 1. The number of carbonyl (C=O) groups is 1. The van der Waals surface area contributed by atoms with Gasteiger partial charge in [-0.3, -0.25) is 4.79 Å². The SMILES string of the molecule is CC1(CC2CCOCC2)OCC(CCC(=O)O)O1. The van der Waals surface area contributed by atoms with Crippen molar-refractivity contribution in [2.45, 2.75) is 50.9 Å². The van der Waals surface area contributed by atoms with Gasteiger partial charge in [0.25, 0.3) is 0 Å². The van der Waals surface area contributed by atoms with E-state index in [1.54, 1.807) is 0 Å². The first-order valence-electron chi connectivity index (χ1n) is 6.69. The van der Waals surface area contributed by atoms with Crippen molar-refractivity contribution in [2.24, 2.45) is 5.92 Å². The Morgan fingerprint density at radius 1 is 1.39 bits per heavy atom. The average molecular weight is 258 g/mol.